The van der Waals surface area contributed by atoms with Gasteiger partial charge in [-0.3, -0.25) is 0 Å². The Morgan fingerprint density at radius 3 is 2.59 bits per heavy atom. The zero-order valence-corrected chi connectivity index (χ0v) is 11.7. The number of nitrogens with two attached hydrogens (primary N) is 1. The molecule has 2 rings (SSSR count). The zero-order valence-electron chi connectivity index (χ0n) is 9.31. The Morgan fingerprint density at radius 2 is 1.88 bits per heavy atom. The van der Waals surface area contributed by atoms with Crippen molar-refractivity contribution in [2.24, 2.45) is 0 Å². The average molecular weight is 310 g/mol. The van der Waals surface area contributed by atoms with Crippen LogP contribution in [0, 0.1) is 0 Å². The van der Waals surface area contributed by atoms with Crippen molar-refractivity contribution >= 4 is 33.4 Å². The minimum atomic E-state index is 0.751. The molecule has 0 bridgehead atoms. The first-order valence-corrected chi connectivity index (χ1v) is 6.67. The molecule has 0 saturated carbocycles. The molecule has 4 heteroatoms. The van der Waals surface area contributed by atoms with Crippen LogP contribution >= 0.6 is 27.7 Å². The minimum Gasteiger partial charge on any atom is -0.496 e. The van der Waals surface area contributed by atoms with Gasteiger partial charge in [-0.05, 0) is 46.3 Å². The Balaban J connectivity index is 2.31. The zero-order chi connectivity index (χ0) is 12.3. The normalized spacial score (nSPS) is 10.2. The van der Waals surface area contributed by atoms with E-state index >= 15 is 0 Å². The number of ether oxygens (including phenoxy) is 1. The molecular formula is C13H12BrNOS. The van der Waals surface area contributed by atoms with E-state index in [0.29, 0.717) is 0 Å². The molecule has 0 radical (unpaired) electrons. The quantitative estimate of drug-likeness (QED) is 0.863. The molecule has 0 saturated heterocycles. The van der Waals surface area contributed by atoms with E-state index in [9.17, 15) is 0 Å². The van der Waals surface area contributed by atoms with Gasteiger partial charge in [0.1, 0.15) is 5.75 Å². The van der Waals surface area contributed by atoms with Crippen LogP contribution in [0.3, 0.4) is 0 Å². The third kappa shape index (κ3) is 2.96. The van der Waals surface area contributed by atoms with Crippen LogP contribution in [0.5, 0.6) is 5.75 Å². The highest BCUT2D eigenvalue weighted by Crippen LogP contribution is 2.38. The van der Waals surface area contributed by atoms with Crippen molar-refractivity contribution in [1.29, 1.82) is 0 Å². The monoisotopic (exact) mass is 309 g/mol. The fraction of sp³-hybridized carbons (Fsp3) is 0.0769. The highest BCUT2D eigenvalue weighted by molar-refractivity contribution is 9.10. The topological polar surface area (TPSA) is 35.2 Å². The lowest BCUT2D eigenvalue weighted by Crippen LogP contribution is -1.87. The lowest BCUT2D eigenvalue weighted by atomic mass is 10.3. The molecule has 17 heavy (non-hydrogen) atoms. The first-order chi connectivity index (χ1) is 8.20. The van der Waals surface area contributed by atoms with Gasteiger partial charge in [0.2, 0.25) is 0 Å². The van der Waals surface area contributed by atoms with Crippen LogP contribution in [-0.2, 0) is 0 Å². The molecule has 0 aliphatic rings. The third-order valence-electron chi connectivity index (χ3n) is 2.24. The number of hydrogen-bond acceptors (Lipinski definition) is 3. The van der Waals surface area contributed by atoms with Crippen LogP contribution in [0.2, 0.25) is 0 Å². The number of rotatable bonds is 3. The average Bonchev–Trinajstić information content (AvgIpc) is 2.33. The molecule has 0 unspecified atom stereocenters. The van der Waals surface area contributed by atoms with E-state index in [1.54, 1.807) is 18.9 Å². The van der Waals surface area contributed by atoms with Gasteiger partial charge in [0.25, 0.3) is 0 Å². The number of anilines is 1. The standard InChI is InChI=1S/C13H12BrNOS/c1-16-11-4-2-3-5-13(11)17-12-7-6-9(15)8-10(12)14/h2-8H,15H2,1H3. The van der Waals surface area contributed by atoms with Gasteiger partial charge in [-0.2, -0.15) is 0 Å². The summed E-state index contributed by atoms with van der Waals surface area (Å²) in [7, 11) is 1.68. The molecule has 0 heterocycles. The summed E-state index contributed by atoms with van der Waals surface area (Å²) in [6.45, 7) is 0. The second kappa shape index (κ2) is 5.47. The fourth-order valence-corrected chi connectivity index (χ4v) is 2.99. The summed E-state index contributed by atoms with van der Waals surface area (Å²) in [6, 6.07) is 13.7. The SMILES string of the molecule is COc1ccccc1Sc1ccc(N)cc1Br. The smallest absolute Gasteiger partial charge is 0.132 e. The predicted octanol–water partition coefficient (Wildman–Crippen LogP) is 4.19. The summed E-state index contributed by atoms with van der Waals surface area (Å²) >= 11 is 5.16. The first kappa shape index (κ1) is 12.3. The molecule has 2 nitrogen and oxygen atoms in total. The number of hydrogen-bond donors (Lipinski definition) is 1. The number of halogens is 1. The number of para-hydroxylation sites is 1. The van der Waals surface area contributed by atoms with E-state index < -0.39 is 0 Å². The number of benzene rings is 2. The second-order valence-corrected chi connectivity index (χ2v) is 5.38. The molecule has 0 aromatic heterocycles. The Kier molecular flexibility index (Phi) is 3.97. The van der Waals surface area contributed by atoms with Crippen LogP contribution in [0.15, 0.2) is 56.7 Å². The van der Waals surface area contributed by atoms with Crippen LogP contribution in [0.1, 0.15) is 0 Å². The van der Waals surface area contributed by atoms with Gasteiger partial charge >= 0.3 is 0 Å². The van der Waals surface area contributed by atoms with Gasteiger partial charge < -0.3 is 10.5 Å². The van der Waals surface area contributed by atoms with Crippen molar-refractivity contribution in [3.8, 4) is 5.75 Å². The molecule has 0 spiro atoms. The minimum absolute atomic E-state index is 0.751. The first-order valence-electron chi connectivity index (χ1n) is 5.06. The highest BCUT2D eigenvalue weighted by atomic mass is 79.9. The maximum atomic E-state index is 5.71. The Hall–Kier alpha value is -1.13. The van der Waals surface area contributed by atoms with E-state index in [1.807, 2.05) is 42.5 Å². The van der Waals surface area contributed by atoms with Gasteiger partial charge in [0.05, 0.1) is 12.0 Å². The van der Waals surface area contributed by atoms with E-state index in [0.717, 1.165) is 25.7 Å². The van der Waals surface area contributed by atoms with Gasteiger partial charge in [-0.15, -0.1) is 0 Å². The molecule has 2 aromatic rings. The molecule has 0 fully saturated rings. The van der Waals surface area contributed by atoms with E-state index in [2.05, 4.69) is 15.9 Å². The molecule has 0 amide bonds. The van der Waals surface area contributed by atoms with Crippen molar-refractivity contribution in [1.82, 2.24) is 0 Å². The maximum Gasteiger partial charge on any atom is 0.132 e. The van der Waals surface area contributed by atoms with Crippen molar-refractivity contribution in [3.05, 3.63) is 46.9 Å². The predicted molar refractivity (Wildman–Crippen MR) is 75.7 cm³/mol. The van der Waals surface area contributed by atoms with Crippen molar-refractivity contribution in [2.45, 2.75) is 9.79 Å². The summed E-state index contributed by atoms with van der Waals surface area (Å²) in [6.07, 6.45) is 0. The number of methoxy groups -OCH3 is 1. The Labute approximate surface area is 113 Å². The molecular weight excluding hydrogens is 298 g/mol. The summed E-state index contributed by atoms with van der Waals surface area (Å²) in [4.78, 5) is 2.20. The van der Waals surface area contributed by atoms with Gasteiger partial charge in [-0.25, -0.2) is 0 Å². The van der Waals surface area contributed by atoms with Crippen LogP contribution in [0.25, 0.3) is 0 Å². The van der Waals surface area contributed by atoms with E-state index in [4.69, 9.17) is 10.5 Å². The van der Waals surface area contributed by atoms with Crippen molar-refractivity contribution < 1.29 is 4.74 Å². The van der Waals surface area contributed by atoms with Crippen molar-refractivity contribution in [2.75, 3.05) is 12.8 Å². The fourth-order valence-electron chi connectivity index (χ4n) is 1.42. The maximum absolute atomic E-state index is 5.71. The van der Waals surface area contributed by atoms with Crippen LogP contribution in [0.4, 0.5) is 5.69 Å². The van der Waals surface area contributed by atoms with Crippen LogP contribution < -0.4 is 10.5 Å². The molecule has 2 N–H and O–H groups in total. The Bertz CT molecular complexity index is 531. The van der Waals surface area contributed by atoms with Crippen molar-refractivity contribution in [3.63, 3.8) is 0 Å². The number of nitrogen functional groups attached to an aromatic ring is 1. The summed E-state index contributed by atoms with van der Waals surface area (Å²) in [5.41, 5.74) is 6.46. The Morgan fingerprint density at radius 1 is 1.12 bits per heavy atom. The lowest BCUT2D eigenvalue weighted by Gasteiger charge is -2.09. The lowest BCUT2D eigenvalue weighted by molar-refractivity contribution is 0.405. The largest absolute Gasteiger partial charge is 0.496 e. The van der Waals surface area contributed by atoms with E-state index in [-0.39, 0.29) is 0 Å². The molecule has 0 aliphatic heterocycles. The summed E-state index contributed by atoms with van der Waals surface area (Å²) in [5, 5.41) is 0. The molecule has 2 aromatic carbocycles. The van der Waals surface area contributed by atoms with Gasteiger partial charge in [-0.1, -0.05) is 23.9 Å². The van der Waals surface area contributed by atoms with Gasteiger partial charge in [0.15, 0.2) is 0 Å². The second-order valence-electron chi connectivity index (χ2n) is 3.44. The summed E-state index contributed by atoms with van der Waals surface area (Å²) < 4.78 is 6.31. The molecule has 0 aliphatic carbocycles. The van der Waals surface area contributed by atoms with Crippen LogP contribution in [-0.4, -0.2) is 7.11 Å². The highest BCUT2D eigenvalue weighted by Gasteiger charge is 2.06. The van der Waals surface area contributed by atoms with E-state index in [1.165, 1.54) is 0 Å². The molecule has 0 atom stereocenters. The van der Waals surface area contributed by atoms with Gasteiger partial charge in [0, 0.05) is 15.1 Å². The third-order valence-corrected chi connectivity index (χ3v) is 4.30. The molecule has 88 valence electrons. The summed E-state index contributed by atoms with van der Waals surface area (Å²) in [5.74, 6) is 0.876.